The summed E-state index contributed by atoms with van der Waals surface area (Å²) in [5.74, 6) is 0.783. The van der Waals surface area contributed by atoms with E-state index in [2.05, 4.69) is 55.8 Å². The maximum Gasteiger partial charge on any atom is 0.266 e. The molecule has 0 saturated carbocycles. The first kappa shape index (κ1) is 21.5. The molecule has 2 aliphatic heterocycles. The van der Waals surface area contributed by atoms with Crippen LogP contribution in [-0.2, 0) is 4.79 Å². The summed E-state index contributed by atoms with van der Waals surface area (Å²) >= 11 is 1.44. The number of methoxy groups -OCH3 is 1. The molecule has 2 heterocycles. The number of ether oxygens (including phenoxy) is 1. The van der Waals surface area contributed by atoms with Crippen molar-refractivity contribution in [2.75, 3.05) is 31.6 Å². The minimum absolute atomic E-state index is 0.00746. The van der Waals surface area contributed by atoms with Gasteiger partial charge in [-0.3, -0.25) is 14.7 Å². The fraction of sp³-hybridized carbons (Fsp3) is 0.478. The number of fused-ring (bicyclic) bond motifs is 1. The number of aliphatic imine (C=N–C) groups is 1. The van der Waals surface area contributed by atoms with Crippen molar-refractivity contribution in [3.05, 3.63) is 34.2 Å². The Morgan fingerprint density at radius 2 is 1.93 bits per heavy atom. The first-order valence-corrected chi connectivity index (χ1v) is 11.0. The molecule has 0 spiro atoms. The van der Waals surface area contributed by atoms with Gasteiger partial charge in [0.15, 0.2) is 5.17 Å². The number of anilines is 1. The molecule has 0 unspecified atom stereocenters. The van der Waals surface area contributed by atoms with Crippen LogP contribution in [0.1, 0.15) is 52.7 Å². The van der Waals surface area contributed by atoms with Crippen LogP contribution >= 0.6 is 11.8 Å². The van der Waals surface area contributed by atoms with E-state index in [0.29, 0.717) is 18.0 Å². The van der Waals surface area contributed by atoms with Crippen molar-refractivity contribution < 1.29 is 9.53 Å². The number of amidine groups is 1. The largest absolute Gasteiger partial charge is 0.496 e. The van der Waals surface area contributed by atoms with Crippen LogP contribution in [0.2, 0.25) is 0 Å². The van der Waals surface area contributed by atoms with E-state index in [1.54, 1.807) is 12.0 Å². The highest BCUT2D eigenvalue weighted by molar-refractivity contribution is 8.18. The second-order valence-corrected chi connectivity index (χ2v) is 8.76. The minimum atomic E-state index is -0.0543. The summed E-state index contributed by atoms with van der Waals surface area (Å²) in [6, 6.07) is 4.25. The van der Waals surface area contributed by atoms with Crippen LogP contribution in [-0.4, -0.2) is 48.3 Å². The van der Waals surface area contributed by atoms with Crippen LogP contribution in [0.25, 0.3) is 11.6 Å². The van der Waals surface area contributed by atoms with Gasteiger partial charge in [0.05, 0.1) is 17.6 Å². The van der Waals surface area contributed by atoms with Gasteiger partial charge in [-0.05, 0) is 71.0 Å². The van der Waals surface area contributed by atoms with Crippen molar-refractivity contribution in [2.45, 2.75) is 47.1 Å². The predicted molar refractivity (Wildman–Crippen MR) is 125 cm³/mol. The lowest BCUT2D eigenvalue weighted by molar-refractivity contribution is -0.122. The number of nitrogens with zero attached hydrogens (tertiary/aromatic N) is 3. The van der Waals surface area contributed by atoms with Crippen LogP contribution < -0.4 is 9.64 Å². The molecule has 1 aromatic carbocycles. The Labute approximate surface area is 178 Å². The second-order valence-electron chi connectivity index (χ2n) is 7.75. The van der Waals surface area contributed by atoms with Gasteiger partial charge >= 0.3 is 0 Å². The molecule has 1 saturated heterocycles. The zero-order chi connectivity index (χ0) is 21.3. The Balaban J connectivity index is 2.11. The Morgan fingerprint density at radius 3 is 2.52 bits per heavy atom. The lowest BCUT2D eigenvalue weighted by atomic mass is 9.87. The molecule has 0 aliphatic carbocycles. The van der Waals surface area contributed by atoms with Gasteiger partial charge in [-0.2, -0.15) is 0 Å². The molecule has 5 nitrogen and oxygen atoms in total. The second kappa shape index (κ2) is 8.27. The molecule has 29 heavy (non-hydrogen) atoms. The van der Waals surface area contributed by atoms with Crippen molar-refractivity contribution >= 4 is 40.2 Å². The van der Waals surface area contributed by atoms with E-state index >= 15 is 0 Å². The third-order valence-corrected chi connectivity index (χ3v) is 6.47. The normalized spacial score (nSPS) is 21.1. The molecule has 1 fully saturated rings. The van der Waals surface area contributed by atoms with Crippen molar-refractivity contribution in [1.29, 1.82) is 0 Å². The van der Waals surface area contributed by atoms with Crippen LogP contribution in [0.3, 0.4) is 0 Å². The van der Waals surface area contributed by atoms with E-state index in [0.717, 1.165) is 23.0 Å². The summed E-state index contributed by atoms with van der Waals surface area (Å²) in [4.78, 5) is 22.1. The molecule has 3 rings (SSSR count). The lowest BCUT2D eigenvalue weighted by Crippen LogP contribution is -2.44. The smallest absolute Gasteiger partial charge is 0.266 e. The van der Waals surface area contributed by atoms with E-state index in [1.165, 1.54) is 28.6 Å². The topological polar surface area (TPSA) is 45.1 Å². The fourth-order valence-electron chi connectivity index (χ4n) is 4.17. The first-order chi connectivity index (χ1) is 13.8. The van der Waals surface area contributed by atoms with Crippen molar-refractivity contribution in [3.8, 4) is 5.75 Å². The molecular formula is C23H31N3O2S. The summed E-state index contributed by atoms with van der Waals surface area (Å²) < 4.78 is 5.73. The molecule has 1 amide bonds. The molecule has 0 radical (unpaired) electrons. The molecule has 0 bridgehead atoms. The Morgan fingerprint density at radius 1 is 1.21 bits per heavy atom. The van der Waals surface area contributed by atoms with Gasteiger partial charge in [-0.15, -0.1) is 0 Å². The average Bonchev–Trinajstić information content (AvgIpc) is 2.96. The Kier molecular flexibility index (Phi) is 6.13. The maximum atomic E-state index is 12.9. The number of likely N-dealkylation sites (N-methyl/N-ethyl adjacent to an activating group) is 2. The maximum absolute atomic E-state index is 12.9. The molecule has 0 aromatic heterocycles. The number of benzene rings is 1. The summed E-state index contributed by atoms with van der Waals surface area (Å²) in [7, 11) is 1.68. The SMILES string of the molecule is CCN=C1S/C(=C/c2cc3c(cc2OC)N(CC)C(C)(C)C=C3C)C(=O)N1CC. The average molecular weight is 414 g/mol. The summed E-state index contributed by atoms with van der Waals surface area (Å²) in [6.45, 7) is 14.9. The Hall–Kier alpha value is -2.21. The highest BCUT2D eigenvalue weighted by atomic mass is 32.2. The third kappa shape index (κ3) is 3.82. The fourth-order valence-corrected chi connectivity index (χ4v) is 5.27. The standard InChI is InChI=1S/C23H31N3O2S/c1-8-24-22-25(9-2)21(27)20(29-22)12-16-11-17-15(4)14-23(5,6)26(10-3)18(17)13-19(16)28-7/h11-14H,8-10H2,1-7H3/b20-12+,24-22?. The molecule has 0 atom stereocenters. The van der Waals surface area contributed by atoms with Gasteiger partial charge in [-0.25, -0.2) is 0 Å². The Bertz CT molecular complexity index is 915. The highest BCUT2D eigenvalue weighted by Gasteiger charge is 2.33. The predicted octanol–water partition coefficient (Wildman–Crippen LogP) is 5.03. The number of allylic oxidation sites excluding steroid dienone is 1. The lowest BCUT2D eigenvalue weighted by Gasteiger charge is -2.43. The van der Waals surface area contributed by atoms with E-state index in [-0.39, 0.29) is 11.4 Å². The minimum Gasteiger partial charge on any atom is -0.496 e. The first-order valence-electron chi connectivity index (χ1n) is 10.2. The van der Waals surface area contributed by atoms with E-state index < -0.39 is 0 Å². The van der Waals surface area contributed by atoms with Gasteiger partial charge < -0.3 is 9.64 Å². The van der Waals surface area contributed by atoms with Crippen molar-refractivity contribution in [1.82, 2.24) is 4.90 Å². The molecule has 6 heteroatoms. The number of thioether (sulfide) groups is 1. The number of hydrogen-bond acceptors (Lipinski definition) is 5. The van der Waals surface area contributed by atoms with Crippen molar-refractivity contribution in [2.24, 2.45) is 4.99 Å². The highest BCUT2D eigenvalue weighted by Crippen LogP contribution is 2.43. The zero-order valence-electron chi connectivity index (χ0n) is 18.5. The summed E-state index contributed by atoms with van der Waals surface area (Å²) in [5, 5.41) is 0.776. The van der Waals surface area contributed by atoms with Gasteiger partial charge in [-0.1, -0.05) is 6.08 Å². The number of carbonyl (C=O) groups is 1. The summed E-state index contributed by atoms with van der Waals surface area (Å²) in [5.41, 5.74) is 4.46. The van der Waals surface area contributed by atoms with Crippen LogP contribution in [0.4, 0.5) is 5.69 Å². The number of rotatable bonds is 5. The molecule has 0 N–H and O–H groups in total. The molecule has 2 aliphatic rings. The number of hydrogen-bond donors (Lipinski definition) is 0. The summed E-state index contributed by atoms with van der Waals surface area (Å²) in [6.07, 6.45) is 4.25. The van der Waals surface area contributed by atoms with E-state index in [9.17, 15) is 4.79 Å². The zero-order valence-corrected chi connectivity index (χ0v) is 19.3. The molecule has 156 valence electrons. The quantitative estimate of drug-likeness (QED) is 0.635. The van der Waals surface area contributed by atoms with E-state index in [1.807, 2.05) is 19.9 Å². The van der Waals surface area contributed by atoms with Gasteiger partial charge in [0.25, 0.3) is 5.91 Å². The van der Waals surface area contributed by atoms with Crippen LogP contribution in [0, 0.1) is 0 Å². The third-order valence-electron chi connectivity index (χ3n) is 5.43. The molecule has 1 aromatic rings. The number of carbonyl (C=O) groups excluding carboxylic acids is 1. The van der Waals surface area contributed by atoms with Crippen molar-refractivity contribution in [3.63, 3.8) is 0 Å². The number of amides is 1. The monoisotopic (exact) mass is 413 g/mol. The van der Waals surface area contributed by atoms with Gasteiger partial charge in [0.2, 0.25) is 0 Å². The molecular weight excluding hydrogens is 382 g/mol. The van der Waals surface area contributed by atoms with Crippen LogP contribution in [0.15, 0.2) is 28.1 Å². The van der Waals surface area contributed by atoms with E-state index in [4.69, 9.17) is 4.74 Å². The van der Waals surface area contributed by atoms with Crippen LogP contribution in [0.5, 0.6) is 5.75 Å². The van der Waals surface area contributed by atoms with Gasteiger partial charge in [0.1, 0.15) is 5.75 Å². The van der Waals surface area contributed by atoms with Gasteiger partial charge in [0, 0.05) is 42.5 Å².